The van der Waals surface area contributed by atoms with Gasteiger partial charge in [-0.1, -0.05) is 22.4 Å². The number of hydrogen-bond acceptors (Lipinski definition) is 2. The summed E-state index contributed by atoms with van der Waals surface area (Å²) in [5.74, 6) is 0.675. The quantitative estimate of drug-likeness (QED) is 0.905. The second-order valence-corrected chi connectivity index (χ2v) is 7.13. The van der Waals surface area contributed by atoms with E-state index in [1.54, 1.807) is 0 Å². The van der Waals surface area contributed by atoms with Crippen molar-refractivity contribution in [2.75, 3.05) is 19.6 Å². The molecular formula is C17H23BrN2O. The summed E-state index contributed by atoms with van der Waals surface area (Å²) in [6, 6.07) is 8.26. The van der Waals surface area contributed by atoms with Crippen molar-refractivity contribution in [3.63, 3.8) is 0 Å². The first-order chi connectivity index (χ1) is 10.2. The van der Waals surface area contributed by atoms with Crippen molar-refractivity contribution in [1.29, 1.82) is 0 Å². The Morgan fingerprint density at radius 1 is 1.14 bits per heavy atom. The maximum absolute atomic E-state index is 12.2. The minimum atomic E-state index is 0.0513. The third-order valence-corrected chi connectivity index (χ3v) is 5.39. The Balaban J connectivity index is 1.56. The molecular weight excluding hydrogens is 328 g/mol. The molecule has 2 saturated heterocycles. The van der Waals surface area contributed by atoms with Crippen LogP contribution in [-0.2, 0) is 0 Å². The van der Waals surface area contributed by atoms with Gasteiger partial charge < -0.3 is 10.2 Å². The maximum Gasteiger partial charge on any atom is 0.251 e. The van der Waals surface area contributed by atoms with Gasteiger partial charge in [0, 0.05) is 22.6 Å². The Labute approximate surface area is 135 Å². The van der Waals surface area contributed by atoms with Gasteiger partial charge >= 0.3 is 0 Å². The molecule has 4 heteroatoms. The predicted octanol–water partition coefficient (Wildman–Crippen LogP) is 3.44. The molecule has 2 heterocycles. The zero-order valence-electron chi connectivity index (χ0n) is 12.4. The summed E-state index contributed by atoms with van der Waals surface area (Å²) >= 11 is 3.40. The smallest absolute Gasteiger partial charge is 0.251 e. The van der Waals surface area contributed by atoms with E-state index in [1.165, 1.54) is 45.2 Å². The first-order valence-corrected chi connectivity index (χ1v) is 8.81. The predicted molar refractivity (Wildman–Crippen MR) is 88.4 cm³/mol. The zero-order valence-corrected chi connectivity index (χ0v) is 13.9. The monoisotopic (exact) mass is 350 g/mol. The largest absolute Gasteiger partial charge is 0.352 e. The second-order valence-electron chi connectivity index (χ2n) is 6.22. The molecule has 1 aromatic carbocycles. The molecule has 0 radical (unpaired) electrons. The molecule has 2 aliphatic rings. The van der Waals surface area contributed by atoms with Gasteiger partial charge in [-0.15, -0.1) is 0 Å². The normalized spacial score (nSPS) is 26.1. The number of amides is 1. The Morgan fingerprint density at radius 2 is 1.90 bits per heavy atom. The van der Waals surface area contributed by atoms with Crippen LogP contribution in [0.4, 0.5) is 0 Å². The molecule has 2 fully saturated rings. The van der Waals surface area contributed by atoms with Crippen LogP contribution >= 0.6 is 15.9 Å². The van der Waals surface area contributed by atoms with Crippen molar-refractivity contribution in [3.8, 4) is 0 Å². The lowest BCUT2D eigenvalue weighted by Gasteiger charge is -2.44. The summed E-state index contributed by atoms with van der Waals surface area (Å²) in [5, 5.41) is 3.14. The molecule has 3 nitrogen and oxygen atoms in total. The van der Waals surface area contributed by atoms with E-state index in [4.69, 9.17) is 0 Å². The molecule has 2 aliphatic heterocycles. The SMILES string of the molecule is O=C(NC[C@H]1CCCN2CCCC[C@H]12)c1ccc(Br)cc1. The van der Waals surface area contributed by atoms with Gasteiger partial charge in [-0.3, -0.25) is 4.79 Å². The number of rotatable bonds is 3. The lowest BCUT2D eigenvalue weighted by atomic mass is 9.83. The zero-order chi connectivity index (χ0) is 14.7. The number of piperidine rings is 2. The first kappa shape index (κ1) is 15.0. The second kappa shape index (κ2) is 6.93. The highest BCUT2D eigenvalue weighted by Crippen LogP contribution is 2.30. The van der Waals surface area contributed by atoms with E-state index in [-0.39, 0.29) is 5.91 Å². The molecule has 3 rings (SSSR count). The van der Waals surface area contributed by atoms with Gasteiger partial charge in [0.05, 0.1) is 0 Å². The van der Waals surface area contributed by atoms with Crippen LogP contribution < -0.4 is 5.32 Å². The van der Waals surface area contributed by atoms with E-state index < -0.39 is 0 Å². The number of benzene rings is 1. The van der Waals surface area contributed by atoms with Crippen molar-refractivity contribution >= 4 is 21.8 Å². The van der Waals surface area contributed by atoms with Crippen LogP contribution in [0.5, 0.6) is 0 Å². The summed E-state index contributed by atoms with van der Waals surface area (Å²) in [4.78, 5) is 14.9. The van der Waals surface area contributed by atoms with Crippen LogP contribution in [0.25, 0.3) is 0 Å². The standard InChI is InChI=1S/C17H23BrN2O/c18-15-8-6-13(7-9-15)17(21)19-12-14-4-3-11-20-10-2-1-5-16(14)20/h6-9,14,16H,1-5,10-12H2,(H,19,21)/t14-,16-/m1/s1. The van der Waals surface area contributed by atoms with Crippen molar-refractivity contribution in [3.05, 3.63) is 34.3 Å². The van der Waals surface area contributed by atoms with Gasteiger partial charge in [0.25, 0.3) is 5.91 Å². The Bertz CT molecular complexity index is 486. The van der Waals surface area contributed by atoms with E-state index in [9.17, 15) is 4.79 Å². The number of carbonyl (C=O) groups is 1. The Hall–Kier alpha value is -0.870. The van der Waals surface area contributed by atoms with Gasteiger partial charge in [0.1, 0.15) is 0 Å². The third kappa shape index (κ3) is 3.67. The molecule has 2 atom stereocenters. The third-order valence-electron chi connectivity index (χ3n) is 4.86. The molecule has 0 bridgehead atoms. The van der Waals surface area contributed by atoms with Gasteiger partial charge in [-0.2, -0.15) is 0 Å². The number of hydrogen-bond donors (Lipinski definition) is 1. The molecule has 21 heavy (non-hydrogen) atoms. The lowest BCUT2D eigenvalue weighted by Crippen LogP contribution is -2.51. The molecule has 1 amide bonds. The van der Waals surface area contributed by atoms with Gasteiger partial charge in [-0.25, -0.2) is 0 Å². The van der Waals surface area contributed by atoms with E-state index in [0.717, 1.165) is 16.6 Å². The van der Waals surface area contributed by atoms with Gasteiger partial charge in [0.15, 0.2) is 0 Å². The summed E-state index contributed by atoms with van der Waals surface area (Å²) in [6.07, 6.45) is 6.52. The number of nitrogens with one attached hydrogen (secondary N) is 1. The molecule has 1 aromatic rings. The van der Waals surface area contributed by atoms with E-state index >= 15 is 0 Å². The fourth-order valence-electron chi connectivity index (χ4n) is 3.74. The fourth-order valence-corrected chi connectivity index (χ4v) is 4.01. The van der Waals surface area contributed by atoms with Crippen molar-refractivity contribution < 1.29 is 4.79 Å². The average molecular weight is 351 g/mol. The number of nitrogens with zero attached hydrogens (tertiary/aromatic N) is 1. The minimum absolute atomic E-state index is 0.0513. The van der Waals surface area contributed by atoms with Crippen molar-refractivity contribution in [2.24, 2.45) is 5.92 Å². The first-order valence-electron chi connectivity index (χ1n) is 8.02. The number of halogens is 1. The highest BCUT2D eigenvalue weighted by molar-refractivity contribution is 9.10. The van der Waals surface area contributed by atoms with Gasteiger partial charge in [-0.05, 0) is 69.0 Å². The molecule has 0 spiro atoms. The summed E-state index contributed by atoms with van der Waals surface area (Å²) < 4.78 is 1.00. The van der Waals surface area contributed by atoms with Crippen LogP contribution in [0.2, 0.25) is 0 Å². The Morgan fingerprint density at radius 3 is 2.71 bits per heavy atom. The topological polar surface area (TPSA) is 32.3 Å². The summed E-state index contributed by atoms with van der Waals surface area (Å²) in [6.45, 7) is 3.32. The highest BCUT2D eigenvalue weighted by Gasteiger charge is 2.32. The van der Waals surface area contributed by atoms with Crippen molar-refractivity contribution in [2.45, 2.75) is 38.1 Å². The van der Waals surface area contributed by atoms with Crippen LogP contribution in [0.15, 0.2) is 28.7 Å². The fraction of sp³-hybridized carbons (Fsp3) is 0.588. The van der Waals surface area contributed by atoms with Crippen LogP contribution in [-0.4, -0.2) is 36.5 Å². The molecule has 0 unspecified atom stereocenters. The summed E-state index contributed by atoms with van der Waals surface area (Å²) in [7, 11) is 0. The molecule has 0 aliphatic carbocycles. The lowest BCUT2D eigenvalue weighted by molar-refractivity contribution is 0.0575. The molecule has 0 aromatic heterocycles. The van der Waals surface area contributed by atoms with Crippen LogP contribution in [0.3, 0.4) is 0 Å². The number of carbonyl (C=O) groups excluding carboxylic acids is 1. The molecule has 0 saturated carbocycles. The van der Waals surface area contributed by atoms with E-state index in [2.05, 4.69) is 26.1 Å². The number of fused-ring (bicyclic) bond motifs is 1. The average Bonchev–Trinajstić information content (AvgIpc) is 2.53. The molecule has 114 valence electrons. The Kier molecular flexibility index (Phi) is 4.96. The summed E-state index contributed by atoms with van der Waals surface area (Å²) in [5.41, 5.74) is 0.745. The van der Waals surface area contributed by atoms with E-state index in [0.29, 0.717) is 12.0 Å². The highest BCUT2D eigenvalue weighted by atomic mass is 79.9. The minimum Gasteiger partial charge on any atom is -0.352 e. The van der Waals surface area contributed by atoms with Crippen molar-refractivity contribution in [1.82, 2.24) is 10.2 Å². The molecule has 1 N–H and O–H groups in total. The van der Waals surface area contributed by atoms with Crippen LogP contribution in [0.1, 0.15) is 42.5 Å². The van der Waals surface area contributed by atoms with Gasteiger partial charge in [0.2, 0.25) is 0 Å². The van der Waals surface area contributed by atoms with E-state index in [1.807, 2.05) is 24.3 Å². The van der Waals surface area contributed by atoms with Crippen LogP contribution in [0, 0.1) is 5.92 Å². The maximum atomic E-state index is 12.2.